The summed E-state index contributed by atoms with van der Waals surface area (Å²) in [5.41, 5.74) is 12.2. The zero-order chi connectivity index (χ0) is 27.4. The molecule has 11 heteroatoms. The molecular weight excluding hydrogens is 507 g/mol. The molecule has 1 aromatic heterocycles. The topological polar surface area (TPSA) is 135 Å². The predicted molar refractivity (Wildman–Crippen MR) is 147 cm³/mol. The molecule has 0 bridgehead atoms. The molecule has 5 N–H and O–H groups in total. The Bertz CT molecular complexity index is 1320. The Balaban J connectivity index is 1.86. The Morgan fingerprint density at radius 3 is 2.29 bits per heavy atom. The third kappa shape index (κ3) is 5.62. The molecule has 0 aliphatic heterocycles. The van der Waals surface area contributed by atoms with E-state index < -0.39 is 29.6 Å². The zero-order valence-electron chi connectivity index (χ0n) is 21.3. The SMILES string of the molecule is CN(C)c1ccc([C@H](C(=O)NC2CCCCC2)N(C(=O)c2snc(C(N)=O)c2N)c2ccccc2F)cc1. The van der Waals surface area contributed by atoms with E-state index in [0.717, 1.165) is 42.7 Å². The number of anilines is 3. The molecule has 0 spiro atoms. The third-order valence-electron chi connectivity index (χ3n) is 6.67. The minimum atomic E-state index is -1.23. The van der Waals surface area contributed by atoms with Crippen LogP contribution in [0.15, 0.2) is 48.5 Å². The van der Waals surface area contributed by atoms with Crippen LogP contribution in [-0.4, -0.2) is 42.2 Å². The first-order valence-corrected chi connectivity index (χ1v) is 13.2. The van der Waals surface area contributed by atoms with Gasteiger partial charge in [0, 0.05) is 25.8 Å². The Labute approximate surface area is 224 Å². The van der Waals surface area contributed by atoms with Gasteiger partial charge in [-0.2, -0.15) is 4.37 Å². The highest BCUT2D eigenvalue weighted by atomic mass is 32.1. The lowest BCUT2D eigenvalue weighted by Crippen LogP contribution is -2.47. The lowest BCUT2D eigenvalue weighted by atomic mass is 9.94. The number of hydrogen-bond acceptors (Lipinski definition) is 7. The number of benzene rings is 2. The molecule has 200 valence electrons. The largest absolute Gasteiger partial charge is 0.395 e. The van der Waals surface area contributed by atoms with Crippen LogP contribution in [0.5, 0.6) is 0 Å². The number of aromatic nitrogens is 1. The van der Waals surface area contributed by atoms with Gasteiger partial charge in [-0.25, -0.2) is 4.39 Å². The van der Waals surface area contributed by atoms with Gasteiger partial charge in [0.2, 0.25) is 5.91 Å². The number of nitrogen functional groups attached to an aromatic ring is 1. The second-order valence-electron chi connectivity index (χ2n) is 9.50. The van der Waals surface area contributed by atoms with Crippen molar-refractivity contribution in [2.24, 2.45) is 5.73 Å². The van der Waals surface area contributed by atoms with Gasteiger partial charge >= 0.3 is 0 Å². The molecule has 1 atom stereocenters. The van der Waals surface area contributed by atoms with E-state index in [1.165, 1.54) is 18.2 Å². The van der Waals surface area contributed by atoms with Crippen LogP contribution in [0.2, 0.25) is 0 Å². The lowest BCUT2D eigenvalue weighted by molar-refractivity contribution is -0.123. The molecule has 1 heterocycles. The van der Waals surface area contributed by atoms with Crippen molar-refractivity contribution < 1.29 is 18.8 Å². The van der Waals surface area contributed by atoms with E-state index in [9.17, 15) is 14.4 Å². The molecule has 1 aliphatic carbocycles. The highest BCUT2D eigenvalue weighted by Gasteiger charge is 2.38. The number of carbonyl (C=O) groups is 3. The fourth-order valence-electron chi connectivity index (χ4n) is 4.65. The average molecular weight is 539 g/mol. The number of amides is 3. The molecule has 9 nitrogen and oxygen atoms in total. The van der Waals surface area contributed by atoms with E-state index >= 15 is 4.39 Å². The maximum Gasteiger partial charge on any atom is 0.273 e. The minimum absolute atomic E-state index is 0.0488. The monoisotopic (exact) mass is 538 g/mol. The first kappa shape index (κ1) is 27.1. The number of carbonyl (C=O) groups excluding carboxylic acids is 3. The summed E-state index contributed by atoms with van der Waals surface area (Å²) < 4.78 is 19.2. The van der Waals surface area contributed by atoms with Crippen molar-refractivity contribution >= 4 is 46.3 Å². The summed E-state index contributed by atoms with van der Waals surface area (Å²) in [7, 11) is 3.78. The first-order chi connectivity index (χ1) is 18.2. The predicted octanol–water partition coefficient (Wildman–Crippen LogP) is 3.87. The molecule has 0 saturated heterocycles. The van der Waals surface area contributed by atoms with Crippen molar-refractivity contribution in [3.8, 4) is 0 Å². The molecule has 1 fully saturated rings. The van der Waals surface area contributed by atoms with Crippen LogP contribution in [0.4, 0.5) is 21.5 Å². The molecule has 0 unspecified atom stereocenters. The van der Waals surface area contributed by atoms with Crippen LogP contribution >= 0.6 is 11.5 Å². The summed E-state index contributed by atoms with van der Waals surface area (Å²) in [6, 6.07) is 11.6. The van der Waals surface area contributed by atoms with Gasteiger partial charge < -0.3 is 21.7 Å². The average Bonchev–Trinajstić information content (AvgIpc) is 3.29. The smallest absolute Gasteiger partial charge is 0.273 e. The van der Waals surface area contributed by atoms with Gasteiger partial charge in [-0.3, -0.25) is 19.3 Å². The van der Waals surface area contributed by atoms with Crippen LogP contribution in [0.1, 0.15) is 63.9 Å². The number of rotatable bonds is 8. The summed E-state index contributed by atoms with van der Waals surface area (Å²) in [5.74, 6) is -2.79. The Kier molecular flexibility index (Phi) is 8.26. The van der Waals surface area contributed by atoms with Gasteiger partial charge in [0.1, 0.15) is 16.7 Å². The fourth-order valence-corrected chi connectivity index (χ4v) is 5.39. The van der Waals surface area contributed by atoms with Crippen LogP contribution in [0.25, 0.3) is 0 Å². The number of hydrogen-bond donors (Lipinski definition) is 3. The van der Waals surface area contributed by atoms with Gasteiger partial charge in [-0.1, -0.05) is 43.5 Å². The summed E-state index contributed by atoms with van der Waals surface area (Å²) in [6.45, 7) is 0. The lowest BCUT2D eigenvalue weighted by Gasteiger charge is -2.33. The number of nitrogens with one attached hydrogen (secondary N) is 1. The van der Waals surface area contributed by atoms with Crippen LogP contribution in [-0.2, 0) is 4.79 Å². The summed E-state index contributed by atoms with van der Waals surface area (Å²) in [6.07, 6.45) is 4.76. The van der Waals surface area contributed by atoms with E-state index in [-0.39, 0.29) is 28.0 Å². The zero-order valence-corrected chi connectivity index (χ0v) is 22.1. The number of nitrogens with two attached hydrogens (primary N) is 2. The van der Waals surface area contributed by atoms with E-state index in [1.807, 2.05) is 31.1 Å². The quantitative estimate of drug-likeness (QED) is 0.399. The van der Waals surface area contributed by atoms with Crippen LogP contribution in [0, 0.1) is 5.82 Å². The molecule has 1 aliphatic rings. The molecule has 3 amide bonds. The molecule has 3 aromatic rings. The third-order valence-corrected chi connectivity index (χ3v) is 7.52. The second-order valence-corrected chi connectivity index (χ2v) is 10.3. The standard InChI is InChI=1S/C27H31FN6O3S/c1-33(2)18-14-12-16(13-15-18)23(26(36)31-17-8-4-3-5-9-17)34(20-11-7-6-10-19(20)28)27(37)24-21(29)22(25(30)35)32-38-24/h6-7,10-15,17,23H,3-5,8-9,29H2,1-2H3,(H2,30,35)(H,31,36)/t23-/m1/s1. The molecule has 38 heavy (non-hydrogen) atoms. The molecular formula is C27H31FN6O3S. The van der Waals surface area contributed by atoms with Crippen molar-refractivity contribution in [2.75, 3.05) is 29.6 Å². The van der Waals surface area contributed by atoms with Gasteiger partial charge in [-0.15, -0.1) is 0 Å². The molecule has 4 rings (SSSR count). The van der Waals surface area contributed by atoms with E-state index in [0.29, 0.717) is 17.1 Å². The summed E-state index contributed by atoms with van der Waals surface area (Å²) in [5, 5.41) is 3.09. The molecule has 2 aromatic carbocycles. The summed E-state index contributed by atoms with van der Waals surface area (Å²) in [4.78, 5) is 42.6. The molecule has 0 radical (unpaired) electrons. The number of nitrogens with zero attached hydrogens (tertiary/aromatic N) is 3. The Morgan fingerprint density at radius 1 is 1.05 bits per heavy atom. The maximum atomic E-state index is 15.3. The van der Waals surface area contributed by atoms with E-state index in [2.05, 4.69) is 9.69 Å². The van der Waals surface area contributed by atoms with Gasteiger partial charge in [-0.05, 0) is 54.2 Å². The summed E-state index contributed by atoms with van der Waals surface area (Å²) >= 11 is 0.680. The van der Waals surface area contributed by atoms with Gasteiger partial charge in [0.05, 0.1) is 11.4 Å². The normalized spacial score (nSPS) is 14.5. The van der Waals surface area contributed by atoms with Gasteiger partial charge in [0.15, 0.2) is 5.69 Å². The highest BCUT2D eigenvalue weighted by Crippen LogP contribution is 2.35. The Hall–Kier alpha value is -3.99. The van der Waals surface area contributed by atoms with Crippen molar-refractivity contribution in [1.82, 2.24) is 9.69 Å². The van der Waals surface area contributed by atoms with E-state index in [1.54, 1.807) is 18.2 Å². The number of para-hydroxylation sites is 1. The van der Waals surface area contributed by atoms with Gasteiger partial charge in [0.25, 0.3) is 11.8 Å². The van der Waals surface area contributed by atoms with Crippen molar-refractivity contribution in [2.45, 2.75) is 44.2 Å². The van der Waals surface area contributed by atoms with Crippen LogP contribution < -0.4 is 26.6 Å². The number of primary amides is 1. The van der Waals surface area contributed by atoms with Crippen molar-refractivity contribution in [3.05, 3.63) is 70.5 Å². The Morgan fingerprint density at radius 2 is 1.71 bits per heavy atom. The minimum Gasteiger partial charge on any atom is -0.395 e. The fraction of sp³-hybridized carbons (Fsp3) is 0.333. The second kappa shape index (κ2) is 11.6. The first-order valence-electron chi connectivity index (χ1n) is 12.4. The van der Waals surface area contributed by atoms with Crippen molar-refractivity contribution in [1.29, 1.82) is 0 Å². The van der Waals surface area contributed by atoms with Crippen LogP contribution in [0.3, 0.4) is 0 Å². The van der Waals surface area contributed by atoms with Crippen molar-refractivity contribution in [3.63, 3.8) is 0 Å². The van der Waals surface area contributed by atoms with E-state index in [4.69, 9.17) is 11.5 Å². The number of halogens is 1. The molecule has 1 saturated carbocycles. The maximum absolute atomic E-state index is 15.3. The highest BCUT2D eigenvalue weighted by molar-refractivity contribution is 7.09.